The Morgan fingerprint density at radius 3 is 2.58 bits per heavy atom. The number of carboxylic acids is 1. The molecule has 1 N–H and O–H groups in total. The largest absolute Gasteiger partial charge is 0.481 e. The van der Waals surface area contributed by atoms with Crippen molar-refractivity contribution in [3.63, 3.8) is 0 Å². The van der Waals surface area contributed by atoms with Crippen LogP contribution in [0.2, 0.25) is 0 Å². The summed E-state index contributed by atoms with van der Waals surface area (Å²) in [5.41, 5.74) is 0. The molecule has 1 aliphatic carbocycles. The van der Waals surface area contributed by atoms with Crippen LogP contribution in [0.3, 0.4) is 0 Å². The zero-order chi connectivity index (χ0) is 14.0. The molecule has 0 aromatic carbocycles. The van der Waals surface area contributed by atoms with Crippen LogP contribution >= 0.6 is 0 Å². The molecule has 108 valence electrons. The van der Waals surface area contributed by atoms with Gasteiger partial charge in [-0.3, -0.25) is 14.5 Å². The van der Waals surface area contributed by atoms with Gasteiger partial charge in [0, 0.05) is 25.0 Å². The molecule has 1 amide bonds. The maximum atomic E-state index is 12.6. The van der Waals surface area contributed by atoms with E-state index in [0.29, 0.717) is 18.5 Å². The van der Waals surface area contributed by atoms with Gasteiger partial charge >= 0.3 is 5.97 Å². The quantitative estimate of drug-likeness (QED) is 0.835. The molecule has 2 rings (SSSR count). The smallest absolute Gasteiger partial charge is 0.303 e. The van der Waals surface area contributed by atoms with E-state index in [1.54, 1.807) is 0 Å². The zero-order valence-corrected chi connectivity index (χ0v) is 11.8. The number of nitrogens with zero attached hydrogens (tertiary/aromatic N) is 2. The van der Waals surface area contributed by atoms with Crippen LogP contribution in [0.4, 0.5) is 0 Å². The fourth-order valence-corrected chi connectivity index (χ4v) is 3.31. The van der Waals surface area contributed by atoms with Crippen molar-refractivity contribution in [1.29, 1.82) is 0 Å². The van der Waals surface area contributed by atoms with E-state index in [-0.39, 0.29) is 18.4 Å². The highest BCUT2D eigenvalue weighted by Crippen LogP contribution is 2.28. The van der Waals surface area contributed by atoms with Gasteiger partial charge in [0.05, 0.1) is 6.04 Å². The second-order valence-electron chi connectivity index (χ2n) is 5.89. The number of rotatable bonds is 4. The molecule has 2 fully saturated rings. The maximum absolute atomic E-state index is 12.6. The van der Waals surface area contributed by atoms with E-state index in [0.717, 1.165) is 19.4 Å². The summed E-state index contributed by atoms with van der Waals surface area (Å²) in [7, 11) is 1.93. The summed E-state index contributed by atoms with van der Waals surface area (Å²) >= 11 is 0. The van der Waals surface area contributed by atoms with Crippen molar-refractivity contribution in [2.75, 3.05) is 13.6 Å². The molecule has 0 bridgehead atoms. The number of carbonyl (C=O) groups is 2. The molecular formula is C14H24N2O3. The number of piperazine rings is 1. The summed E-state index contributed by atoms with van der Waals surface area (Å²) < 4.78 is 0. The predicted octanol–water partition coefficient (Wildman–Crippen LogP) is 1.32. The third-order valence-corrected chi connectivity index (χ3v) is 4.61. The minimum atomic E-state index is -0.827. The Morgan fingerprint density at radius 2 is 2.00 bits per heavy atom. The average Bonchev–Trinajstić information content (AvgIpc) is 2.87. The van der Waals surface area contributed by atoms with Gasteiger partial charge in [-0.15, -0.1) is 0 Å². The number of hydrogen-bond donors (Lipinski definition) is 1. The van der Waals surface area contributed by atoms with E-state index in [9.17, 15) is 9.59 Å². The van der Waals surface area contributed by atoms with Gasteiger partial charge in [-0.1, -0.05) is 12.8 Å². The third kappa shape index (κ3) is 3.08. The van der Waals surface area contributed by atoms with Crippen molar-refractivity contribution in [3.05, 3.63) is 0 Å². The first-order chi connectivity index (χ1) is 9.00. The molecule has 1 saturated heterocycles. The summed E-state index contributed by atoms with van der Waals surface area (Å²) in [6.45, 7) is 2.89. The van der Waals surface area contributed by atoms with Crippen LogP contribution in [-0.4, -0.2) is 58.5 Å². The number of amides is 1. The second-order valence-corrected chi connectivity index (χ2v) is 5.89. The first kappa shape index (κ1) is 14.3. The highest BCUT2D eigenvalue weighted by Gasteiger charge is 2.40. The highest BCUT2D eigenvalue weighted by atomic mass is 16.4. The van der Waals surface area contributed by atoms with Gasteiger partial charge in [0.2, 0.25) is 5.91 Å². The lowest BCUT2D eigenvalue weighted by Gasteiger charge is -2.45. The number of aliphatic carboxylic acids is 1. The van der Waals surface area contributed by atoms with E-state index >= 15 is 0 Å². The first-order valence-electron chi connectivity index (χ1n) is 7.25. The van der Waals surface area contributed by atoms with Crippen LogP contribution in [0, 0.1) is 0 Å². The molecule has 1 saturated carbocycles. The van der Waals surface area contributed by atoms with Gasteiger partial charge in [0.15, 0.2) is 0 Å². The Morgan fingerprint density at radius 1 is 1.37 bits per heavy atom. The normalized spacial score (nSPS) is 30.0. The summed E-state index contributed by atoms with van der Waals surface area (Å²) in [6, 6.07) is 0.425. The van der Waals surface area contributed by atoms with E-state index < -0.39 is 5.97 Å². The Bertz CT molecular complexity index is 353. The van der Waals surface area contributed by atoms with Gasteiger partial charge in [0.25, 0.3) is 0 Å². The fraction of sp³-hybridized carbons (Fsp3) is 0.857. The Kier molecular flexibility index (Phi) is 4.45. The highest BCUT2D eigenvalue weighted by molar-refractivity contribution is 5.83. The molecule has 0 aromatic heterocycles. The van der Waals surface area contributed by atoms with Crippen molar-refractivity contribution < 1.29 is 14.7 Å². The molecule has 0 spiro atoms. The van der Waals surface area contributed by atoms with Gasteiger partial charge < -0.3 is 10.0 Å². The summed E-state index contributed by atoms with van der Waals surface area (Å²) in [4.78, 5) is 27.4. The maximum Gasteiger partial charge on any atom is 0.303 e. The SMILES string of the molecule is CC1CN(C2CCCC2)C(=O)C(CCC(=O)O)N1C. The molecule has 1 heterocycles. The lowest BCUT2D eigenvalue weighted by Crippen LogP contribution is -2.61. The minimum Gasteiger partial charge on any atom is -0.481 e. The standard InChI is InChI=1S/C14H24N2O3/c1-10-9-16(11-5-3-4-6-11)14(19)12(15(10)2)7-8-13(17)18/h10-12H,3-9H2,1-2H3,(H,17,18). The minimum absolute atomic E-state index is 0.0615. The fourth-order valence-electron chi connectivity index (χ4n) is 3.31. The van der Waals surface area contributed by atoms with Crippen LogP contribution in [0.1, 0.15) is 45.4 Å². The van der Waals surface area contributed by atoms with Crippen molar-refractivity contribution in [1.82, 2.24) is 9.80 Å². The van der Waals surface area contributed by atoms with Crippen LogP contribution in [0.25, 0.3) is 0 Å². The zero-order valence-electron chi connectivity index (χ0n) is 11.8. The lowest BCUT2D eigenvalue weighted by molar-refractivity contribution is -0.147. The van der Waals surface area contributed by atoms with Gasteiger partial charge in [-0.25, -0.2) is 0 Å². The summed E-state index contributed by atoms with van der Waals surface area (Å²) in [5.74, 6) is -0.694. The van der Waals surface area contributed by atoms with Crippen molar-refractivity contribution in [2.45, 2.75) is 63.6 Å². The lowest BCUT2D eigenvalue weighted by atomic mass is 10.00. The summed E-state index contributed by atoms with van der Waals surface area (Å²) in [5, 5.41) is 8.82. The number of likely N-dealkylation sites (N-methyl/N-ethyl adjacent to an activating group) is 1. The average molecular weight is 268 g/mol. The molecule has 0 radical (unpaired) electrons. The van der Waals surface area contributed by atoms with Crippen LogP contribution in [0.15, 0.2) is 0 Å². The Hall–Kier alpha value is -1.10. The molecule has 2 atom stereocenters. The van der Waals surface area contributed by atoms with E-state index in [1.165, 1.54) is 12.8 Å². The topological polar surface area (TPSA) is 60.9 Å². The number of carboxylic acid groups (broad SMARTS) is 1. The third-order valence-electron chi connectivity index (χ3n) is 4.61. The van der Waals surface area contributed by atoms with Gasteiger partial charge in [-0.2, -0.15) is 0 Å². The molecule has 19 heavy (non-hydrogen) atoms. The van der Waals surface area contributed by atoms with Gasteiger partial charge in [0.1, 0.15) is 0 Å². The molecular weight excluding hydrogens is 244 g/mol. The van der Waals surface area contributed by atoms with Crippen LogP contribution in [-0.2, 0) is 9.59 Å². The van der Waals surface area contributed by atoms with Crippen molar-refractivity contribution in [3.8, 4) is 0 Å². The monoisotopic (exact) mass is 268 g/mol. The molecule has 0 aromatic rings. The van der Waals surface area contributed by atoms with Crippen molar-refractivity contribution in [2.24, 2.45) is 0 Å². The van der Waals surface area contributed by atoms with E-state index in [2.05, 4.69) is 6.92 Å². The molecule has 2 aliphatic rings. The number of hydrogen-bond acceptors (Lipinski definition) is 3. The van der Waals surface area contributed by atoms with Gasteiger partial charge in [-0.05, 0) is 33.2 Å². The second kappa shape index (κ2) is 5.90. The number of carbonyl (C=O) groups excluding carboxylic acids is 1. The molecule has 1 aliphatic heterocycles. The Labute approximate surface area is 114 Å². The Balaban J connectivity index is 2.06. The molecule has 2 unspecified atom stereocenters. The van der Waals surface area contributed by atoms with Crippen LogP contribution < -0.4 is 0 Å². The van der Waals surface area contributed by atoms with E-state index in [1.807, 2.05) is 16.8 Å². The van der Waals surface area contributed by atoms with Crippen LogP contribution in [0.5, 0.6) is 0 Å². The molecule has 5 nitrogen and oxygen atoms in total. The summed E-state index contributed by atoms with van der Waals surface area (Å²) in [6.07, 6.45) is 5.10. The van der Waals surface area contributed by atoms with Crippen molar-refractivity contribution >= 4 is 11.9 Å². The molecule has 5 heteroatoms. The predicted molar refractivity (Wildman–Crippen MR) is 71.9 cm³/mol. The first-order valence-corrected chi connectivity index (χ1v) is 7.25. The van der Waals surface area contributed by atoms with E-state index in [4.69, 9.17) is 5.11 Å².